The molecule has 1 aromatic heterocycles. The first kappa shape index (κ1) is 24.0. The number of carbonyl (C=O) groups is 2. The van der Waals surface area contributed by atoms with E-state index >= 15 is 0 Å². The van der Waals surface area contributed by atoms with Crippen molar-refractivity contribution >= 4 is 35.0 Å². The van der Waals surface area contributed by atoms with Gasteiger partial charge in [0.25, 0.3) is 5.91 Å². The molecule has 3 heterocycles. The second-order valence-electron chi connectivity index (χ2n) is 10.7. The number of hydrogen-bond acceptors (Lipinski definition) is 8. The van der Waals surface area contributed by atoms with Crippen LogP contribution in [0.5, 0.6) is 5.75 Å². The minimum Gasteiger partial charge on any atom is -0.495 e. The Balaban J connectivity index is 1.28. The largest absolute Gasteiger partial charge is 0.495 e. The number of amides is 2. The van der Waals surface area contributed by atoms with Crippen molar-refractivity contribution in [2.45, 2.75) is 57.0 Å². The van der Waals surface area contributed by atoms with Gasteiger partial charge in [-0.2, -0.15) is 4.98 Å². The van der Waals surface area contributed by atoms with Gasteiger partial charge in [-0.3, -0.25) is 9.59 Å². The van der Waals surface area contributed by atoms with Crippen molar-refractivity contribution in [2.24, 2.45) is 5.41 Å². The van der Waals surface area contributed by atoms with Crippen LogP contribution in [-0.4, -0.2) is 67.8 Å². The van der Waals surface area contributed by atoms with Gasteiger partial charge in [0.05, 0.1) is 37.1 Å². The average Bonchev–Trinajstić information content (AvgIpc) is 3.27. The highest BCUT2D eigenvalue weighted by Crippen LogP contribution is 2.52. The zero-order chi connectivity index (χ0) is 25.6. The predicted molar refractivity (Wildman–Crippen MR) is 140 cm³/mol. The van der Waals surface area contributed by atoms with Gasteiger partial charge in [0, 0.05) is 31.8 Å². The average molecular weight is 507 g/mol. The SMILES string of the molecule is COc1cc(C(=O)N[C@H]2CCOC2)ccc1Nc1ncc2c(n1)N(C1CCCC1)CC1(CC1)C(=O)N2C. The number of methoxy groups -OCH3 is 1. The maximum atomic E-state index is 13.3. The molecule has 10 nitrogen and oxygen atoms in total. The molecule has 1 atom stereocenters. The molecule has 2 amide bonds. The molecule has 10 heteroatoms. The Morgan fingerprint density at radius 1 is 1.22 bits per heavy atom. The monoisotopic (exact) mass is 506 g/mol. The highest BCUT2D eigenvalue weighted by atomic mass is 16.5. The Bertz CT molecular complexity index is 1200. The standard InChI is InChI=1S/C27H34N6O4/c1-32-21-14-28-26(31-23(21)33(19-5-3-4-6-19)16-27(10-11-27)25(32)35)30-20-8-7-17(13-22(20)36-2)24(34)29-18-9-12-37-15-18/h7-8,13-14,18-19H,3-6,9-12,15-16H2,1-2H3,(H,29,34)(H,28,30,31)/t18-/m0/s1. The number of benzene rings is 1. The third-order valence-corrected chi connectivity index (χ3v) is 8.21. The minimum absolute atomic E-state index is 0.0341. The number of rotatable bonds is 6. The smallest absolute Gasteiger partial charge is 0.251 e. The minimum atomic E-state index is -0.296. The number of nitrogens with zero attached hydrogens (tertiary/aromatic N) is 4. The molecule has 2 aliphatic heterocycles. The molecule has 2 aromatic rings. The summed E-state index contributed by atoms with van der Waals surface area (Å²) in [6.07, 6.45) is 9.05. The van der Waals surface area contributed by atoms with E-state index in [0.29, 0.717) is 48.7 Å². The van der Waals surface area contributed by atoms with Crippen LogP contribution >= 0.6 is 0 Å². The lowest BCUT2D eigenvalue weighted by Gasteiger charge is -2.31. The lowest BCUT2D eigenvalue weighted by atomic mass is 10.0. The Morgan fingerprint density at radius 2 is 2.03 bits per heavy atom. The number of aromatic nitrogens is 2. The lowest BCUT2D eigenvalue weighted by Crippen LogP contribution is -2.41. The van der Waals surface area contributed by atoms with E-state index < -0.39 is 0 Å². The van der Waals surface area contributed by atoms with Crippen LogP contribution in [0.25, 0.3) is 0 Å². The van der Waals surface area contributed by atoms with E-state index in [0.717, 1.165) is 43.6 Å². The number of nitrogens with one attached hydrogen (secondary N) is 2. The first-order valence-electron chi connectivity index (χ1n) is 13.2. The van der Waals surface area contributed by atoms with Crippen molar-refractivity contribution in [3.8, 4) is 5.75 Å². The van der Waals surface area contributed by atoms with Crippen LogP contribution in [0.15, 0.2) is 24.4 Å². The maximum absolute atomic E-state index is 13.3. The Kier molecular flexibility index (Phi) is 6.14. The third-order valence-electron chi connectivity index (χ3n) is 8.21. The number of hydrogen-bond donors (Lipinski definition) is 2. The van der Waals surface area contributed by atoms with Crippen LogP contribution in [0.4, 0.5) is 23.1 Å². The molecule has 2 N–H and O–H groups in total. The molecule has 4 aliphatic rings. The molecule has 2 aliphatic carbocycles. The fourth-order valence-electron chi connectivity index (χ4n) is 5.82. The number of anilines is 4. The van der Waals surface area contributed by atoms with Gasteiger partial charge in [0.2, 0.25) is 11.9 Å². The summed E-state index contributed by atoms with van der Waals surface area (Å²) in [5.74, 6) is 1.75. The van der Waals surface area contributed by atoms with Crippen molar-refractivity contribution in [3.05, 3.63) is 30.0 Å². The highest BCUT2D eigenvalue weighted by molar-refractivity contribution is 6.03. The van der Waals surface area contributed by atoms with Gasteiger partial charge in [-0.25, -0.2) is 4.98 Å². The fourth-order valence-corrected chi connectivity index (χ4v) is 5.82. The fraction of sp³-hybridized carbons (Fsp3) is 0.556. The van der Waals surface area contributed by atoms with Crippen LogP contribution in [-0.2, 0) is 9.53 Å². The second kappa shape index (κ2) is 9.48. The molecule has 0 radical (unpaired) electrons. The molecule has 0 unspecified atom stereocenters. The van der Waals surface area contributed by atoms with Crippen molar-refractivity contribution in [2.75, 3.05) is 49.0 Å². The van der Waals surface area contributed by atoms with Crippen molar-refractivity contribution in [3.63, 3.8) is 0 Å². The highest BCUT2D eigenvalue weighted by Gasteiger charge is 2.55. The van der Waals surface area contributed by atoms with Crippen molar-refractivity contribution in [1.82, 2.24) is 15.3 Å². The van der Waals surface area contributed by atoms with E-state index in [4.69, 9.17) is 14.5 Å². The number of fused-ring (bicyclic) bond motifs is 1. The summed E-state index contributed by atoms with van der Waals surface area (Å²) in [4.78, 5) is 39.6. The van der Waals surface area contributed by atoms with Gasteiger partial charge in [-0.15, -0.1) is 0 Å². The zero-order valence-corrected chi connectivity index (χ0v) is 21.5. The van der Waals surface area contributed by atoms with E-state index in [1.165, 1.54) is 12.8 Å². The topological polar surface area (TPSA) is 109 Å². The Hall–Kier alpha value is -3.40. The first-order valence-corrected chi connectivity index (χ1v) is 13.2. The quantitative estimate of drug-likeness (QED) is 0.615. The van der Waals surface area contributed by atoms with Crippen LogP contribution < -0.4 is 25.2 Å². The third kappa shape index (κ3) is 4.47. The molecule has 3 fully saturated rings. The summed E-state index contributed by atoms with van der Waals surface area (Å²) in [6, 6.07) is 5.69. The van der Waals surface area contributed by atoms with Crippen LogP contribution in [0.3, 0.4) is 0 Å². The summed E-state index contributed by atoms with van der Waals surface area (Å²) >= 11 is 0. The summed E-state index contributed by atoms with van der Waals surface area (Å²) in [5, 5.41) is 6.28. The normalized spacial score (nSPS) is 22.6. The van der Waals surface area contributed by atoms with Gasteiger partial charge in [0.15, 0.2) is 5.82 Å². The summed E-state index contributed by atoms with van der Waals surface area (Å²) in [6.45, 7) is 1.92. The second-order valence-corrected chi connectivity index (χ2v) is 10.7. The first-order chi connectivity index (χ1) is 18.0. The molecule has 37 heavy (non-hydrogen) atoms. The molecule has 1 spiro atoms. The van der Waals surface area contributed by atoms with Crippen LogP contribution in [0, 0.1) is 5.41 Å². The molecule has 1 aromatic carbocycles. The molecule has 0 bridgehead atoms. The Morgan fingerprint density at radius 3 is 2.73 bits per heavy atom. The molecule has 6 rings (SSSR count). The molecule has 196 valence electrons. The van der Waals surface area contributed by atoms with E-state index in [-0.39, 0.29) is 23.3 Å². The van der Waals surface area contributed by atoms with Gasteiger partial charge in [0.1, 0.15) is 11.4 Å². The van der Waals surface area contributed by atoms with Gasteiger partial charge in [-0.05, 0) is 50.3 Å². The number of carbonyl (C=O) groups excluding carboxylic acids is 2. The van der Waals surface area contributed by atoms with E-state index in [9.17, 15) is 9.59 Å². The molecular weight excluding hydrogens is 472 g/mol. The maximum Gasteiger partial charge on any atom is 0.251 e. The van der Waals surface area contributed by atoms with Crippen molar-refractivity contribution < 1.29 is 19.1 Å². The zero-order valence-electron chi connectivity index (χ0n) is 21.5. The molecule has 2 saturated carbocycles. The lowest BCUT2D eigenvalue weighted by molar-refractivity contribution is -0.122. The van der Waals surface area contributed by atoms with Crippen LogP contribution in [0.1, 0.15) is 55.3 Å². The Labute approximate surface area is 216 Å². The molecular formula is C27H34N6O4. The van der Waals surface area contributed by atoms with Crippen LogP contribution in [0.2, 0.25) is 0 Å². The number of ether oxygens (including phenoxy) is 2. The predicted octanol–water partition coefficient (Wildman–Crippen LogP) is 3.25. The van der Waals surface area contributed by atoms with E-state index in [1.54, 1.807) is 36.4 Å². The van der Waals surface area contributed by atoms with E-state index in [2.05, 4.69) is 20.5 Å². The van der Waals surface area contributed by atoms with Gasteiger partial charge < -0.3 is 29.9 Å². The summed E-state index contributed by atoms with van der Waals surface area (Å²) in [7, 11) is 3.41. The molecule has 1 saturated heterocycles. The van der Waals surface area contributed by atoms with E-state index in [1.807, 2.05) is 7.05 Å². The van der Waals surface area contributed by atoms with Crippen molar-refractivity contribution in [1.29, 1.82) is 0 Å². The van der Waals surface area contributed by atoms with Gasteiger partial charge >= 0.3 is 0 Å². The summed E-state index contributed by atoms with van der Waals surface area (Å²) < 4.78 is 10.9. The summed E-state index contributed by atoms with van der Waals surface area (Å²) in [5.41, 5.74) is 1.63. The van der Waals surface area contributed by atoms with Gasteiger partial charge in [-0.1, -0.05) is 12.8 Å².